The predicted octanol–water partition coefficient (Wildman–Crippen LogP) is 4.30. The third kappa shape index (κ3) is 4.08. The fourth-order valence-corrected chi connectivity index (χ4v) is 2.24. The summed E-state index contributed by atoms with van der Waals surface area (Å²) in [6, 6.07) is 10.4. The van der Waals surface area contributed by atoms with Gasteiger partial charge in [0.25, 0.3) is 0 Å². The van der Waals surface area contributed by atoms with Crippen LogP contribution in [-0.2, 0) is 9.59 Å². The fraction of sp³-hybridized carbons (Fsp3) is 0.125. The number of carbonyl (C=O) groups excluding carboxylic acids is 2. The minimum Gasteiger partial charge on any atom is -0.318 e. The molecule has 0 unspecified atom stereocenters. The van der Waals surface area contributed by atoms with E-state index in [4.69, 9.17) is 11.6 Å². The smallest absolute Gasteiger partial charge is 0.314 e. The Morgan fingerprint density at radius 2 is 1.64 bits per heavy atom. The third-order valence-electron chi connectivity index (χ3n) is 3.07. The van der Waals surface area contributed by atoms with Gasteiger partial charge in [-0.1, -0.05) is 33.6 Å². The lowest BCUT2D eigenvalue weighted by atomic mass is 10.2. The van der Waals surface area contributed by atoms with Gasteiger partial charge in [0.15, 0.2) is 0 Å². The van der Waals surface area contributed by atoms with Crippen molar-refractivity contribution in [3.8, 4) is 0 Å². The van der Waals surface area contributed by atoms with Crippen LogP contribution in [0, 0.1) is 13.8 Å². The van der Waals surface area contributed by atoms with E-state index in [1.807, 2.05) is 19.9 Å². The van der Waals surface area contributed by atoms with Crippen molar-refractivity contribution in [2.24, 2.45) is 0 Å². The Hall–Kier alpha value is -1.85. The highest BCUT2D eigenvalue weighted by atomic mass is 79.9. The van der Waals surface area contributed by atoms with Crippen molar-refractivity contribution in [2.45, 2.75) is 13.8 Å². The van der Waals surface area contributed by atoms with Crippen LogP contribution in [0.4, 0.5) is 11.4 Å². The Labute approximate surface area is 142 Å². The number of benzene rings is 2. The van der Waals surface area contributed by atoms with E-state index in [2.05, 4.69) is 26.6 Å². The van der Waals surface area contributed by atoms with Crippen LogP contribution in [0.25, 0.3) is 0 Å². The van der Waals surface area contributed by atoms with Gasteiger partial charge in [0.2, 0.25) is 0 Å². The number of hydrogen-bond acceptors (Lipinski definition) is 2. The molecule has 2 aromatic carbocycles. The van der Waals surface area contributed by atoms with Gasteiger partial charge < -0.3 is 10.6 Å². The summed E-state index contributed by atoms with van der Waals surface area (Å²) in [6.07, 6.45) is 0. The minimum absolute atomic E-state index is 0.491. The molecule has 0 radical (unpaired) electrons. The Morgan fingerprint density at radius 3 is 2.32 bits per heavy atom. The molecule has 0 aromatic heterocycles. The predicted molar refractivity (Wildman–Crippen MR) is 92.3 cm³/mol. The molecule has 6 heteroatoms. The molecule has 2 rings (SSSR count). The topological polar surface area (TPSA) is 58.2 Å². The monoisotopic (exact) mass is 380 g/mol. The quantitative estimate of drug-likeness (QED) is 0.762. The molecule has 0 aliphatic rings. The first kappa shape index (κ1) is 16.5. The third-order valence-corrected chi connectivity index (χ3v) is 4.19. The van der Waals surface area contributed by atoms with Gasteiger partial charge in [-0.25, -0.2) is 0 Å². The molecule has 0 atom stereocenters. The van der Waals surface area contributed by atoms with Crippen LogP contribution < -0.4 is 10.6 Å². The Balaban J connectivity index is 2.07. The average Bonchev–Trinajstić information content (AvgIpc) is 2.46. The molecular weight excluding hydrogens is 368 g/mol. The molecule has 22 heavy (non-hydrogen) atoms. The summed E-state index contributed by atoms with van der Waals surface area (Å²) in [5.41, 5.74) is 2.86. The maximum Gasteiger partial charge on any atom is 0.314 e. The highest BCUT2D eigenvalue weighted by Crippen LogP contribution is 2.21. The Morgan fingerprint density at radius 1 is 0.955 bits per heavy atom. The molecule has 0 bridgehead atoms. The molecule has 0 aliphatic heterocycles. The average molecular weight is 382 g/mol. The lowest BCUT2D eigenvalue weighted by Gasteiger charge is -2.10. The molecule has 0 fully saturated rings. The second kappa shape index (κ2) is 6.94. The standard InChI is InChI=1S/C16H14BrClN2O2/c1-9-3-4-11(18)8-14(9)20-16(22)15(21)19-12-5-6-13(17)10(2)7-12/h3-8H,1-2H3,(H,19,21)(H,20,22). The second-order valence-corrected chi connectivity index (χ2v) is 6.12. The van der Waals surface area contributed by atoms with Gasteiger partial charge in [0.1, 0.15) is 0 Å². The lowest BCUT2D eigenvalue weighted by molar-refractivity contribution is -0.133. The molecule has 0 heterocycles. The molecule has 0 saturated heterocycles. The fourth-order valence-electron chi connectivity index (χ4n) is 1.82. The first-order valence-corrected chi connectivity index (χ1v) is 7.68. The van der Waals surface area contributed by atoms with Crippen molar-refractivity contribution >= 4 is 50.7 Å². The van der Waals surface area contributed by atoms with Crippen LogP contribution in [0.3, 0.4) is 0 Å². The highest BCUT2D eigenvalue weighted by molar-refractivity contribution is 9.10. The van der Waals surface area contributed by atoms with Crippen molar-refractivity contribution in [3.63, 3.8) is 0 Å². The first-order valence-electron chi connectivity index (χ1n) is 6.51. The summed E-state index contributed by atoms with van der Waals surface area (Å²) < 4.78 is 0.935. The summed E-state index contributed by atoms with van der Waals surface area (Å²) in [5.74, 6) is -1.48. The maximum absolute atomic E-state index is 12.0. The van der Waals surface area contributed by atoms with Gasteiger partial charge in [-0.15, -0.1) is 0 Å². The van der Waals surface area contributed by atoms with Crippen LogP contribution in [0.5, 0.6) is 0 Å². The largest absolute Gasteiger partial charge is 0.318 e. The van der Waals surface area contributed by atoms with Gasteiger partial charge >= 0.3 is 11.8 Å². The van der Waals surface area contributed by atoms with Crippen LogP contribution in [0.2, 0.25) is 5.02 Å². The van der Waals surface area contributed by atoms with Gasteiger partial charge in [0, 0.05) is 20.9 Å². The van der Waals surface area contributed by atoms with Crippen molar-refractivity contribution in [1.29, 1.82) is 0 Å². The number of hydrogen-bond donors (Lipinski definition) is 2. The van der Waals surface area contributed by atoms with E-state index < -0.39 is 11.8 Å². The van der Waals surface area contributed by atoms with E-state index in [0.29, 0.717) is 16.4 Å². The molecule has 0 aliphatic carbocycles. The minimum atomic E-state index is -0.745. The van der Waals surface area contributed by atoms with Gasteiger partial charge in [-0.05, 0) is 55.3 Å². The van der Waals surface area contributed by atoms with E-state index in [-0.39, 0.29) is 0 Å². The lowest BCUT2D eigenvalue weighted by Crippen LogP contribution is -2.29. The number of amides is 2. The number of carbonyl (C=O) groups is 2. The molecule has 2 amide bonds. The molecule has 0 saturated carbocycles. The molecule has 2 N–H and O–H groups in total. The zero-order valence-corrected chi connectivity index (χ0v) is 14.4. The summed E-state index contributed by atoms with van der Waals surface area (Å²) >= 11 is 9.26. The zero-order valence-electron chi connectivity index (χ0n) is 12.0. The van der Waals surface area contributed by atoms with Gasteiger partial charge in [0.05, 0.1) is 0 Å². The molecule has 2 aromatic rings. The Kier molecular flexibility index (Phi) is 5.21. The summed E-state index contributed by atoms with van der Waals surface area (Å²) in [6.45, 7) is 3.72. The van der Waals surface area contributed by atoms with Crippen LogP contribution in [-0.4, -0.2) is 11.8 Å². The van der Waals surface area contributed by atoms with Crippen LogP contribution in [0.1, 0.15) is 11.1 Å². The normalized spacial score (nSPS) is 10.2. The Bertz CT molecular complexity index is 747. The van der Waals surface area contributed by atoms with Crippen LogP contribution >= 0.6 is 27.5 Å². The van der Waals surface area contributed by atoms with E-state index >= 15 is 0 Å². The number of aryl methyl sites for hydroxylation is 2. The van der Waals surface area contributed by atoms with Crippen molar-refractivity contribution in [1.82, 2.24) is 0 Å². The van der Waals surface area contributed by atoms with E-state index in [1.54, 1.807) is 30.3 Å². The van der Waals surface area contributed by atoms with Crippen LogP contribution in [0.15, 0.2) is 40.9 Å². The number of anilines is 2. The number of nitrogens with one attached hydrogen (secondary N) is 2. The zero-order chi connectivity index (χ0) is 16.3. The summed E-state index contributed by atoms with van der Waals surface area (Å²) in [5, 5.41) is 5.60. The summed E-state index contributed by atoms with van der Waals surface area (Å²) in [7, 11) is 0. The molecule has 0 spiro atoms. The van der Waals surface area contributed by atoms with Crippen molar-refractivity contribution in [2.75, 3.05) is 10.6 Å². The summed E-state index contributed by atoms with van der Waals surface area (Å²) in [4.78, 5) is 23.9. The van der Waals surface area contributed by atoms with Crippen molar-refractivity contribution < 1.29 is 9.59 Å². The SMILES string of the molecule is Cc1cc(NC(=O)C(=O)Nc2cc(Cl)ccc2C)ccc1Br. The van der Waals surface area contributed by atoms with Gasteiger partial charge in [-0.3, -0.25) is 9.59 Å². The van der Waals surface area contributed by atoms with Gasteiger partial charge in [-0.2, -0.15) is 0 Å². The van der Waals surface area contributed by atoms with Crippen molar-refractivity contribution in [3.05, 3.63) is 57.0 Å². The molecule has 4 nitrogen and oxygen atoms in total. The van der Waals surface area contributed by atoms with E-state index in [1.165, 1.54) is 0 Å². The second-order valence-electron chi connectivity index (χ2n) is 4.83. The van der Waals surface area contributed by atoms with E-state index in [9.17, 15) is 9.59 Å². The number of rotatable bonds is 2. The maximum atomic E-state index is 12.0. The first-order chi connectivity index (χ1) is 10.4. The molecular formula is C16H14BrClN2O2. The number of halogens is 2. The highest BCUT2D eigenvalue weighted by Gasteiger charge is 2.15. The van der Waals surface area contributed by atoms with E-state index in [0.717, 1.165) is 15.6 Å². The molecule has 114 valence electrons.